The quantitative estimate of drug-likeness (QED) is 0.877. The first-order valence-electron chi connectivity index (χ1n) is 7.44. The van der Waals surface area contributed by atoms with Crippen LogP contribution in [0.4, 0.5) is 5.69 Å². The van der Waals surface area contributed by atoms with Crippen LogP contribution in [0.3, 0.4) is 0 Å². The van der Waals surface area contributed by atoms with E-state index < -0.39 is 0 Å². The lowest BCUT2D eigenvalue weighted by Crippen LogP contribution is -2.49. The number of aromatic amines is 2. The van der Waals surface area contributed by atoms with E-state index >= 15 is 0 Å². The Morgan fingerprint density at radius 2 is 1.86 bits per heavy atom. The summed E-state index contributed by atoms with van der Waals surface area (Å²) in [6.45, 7) is 7.14. The summed E-state index contributed by atoms with van der Waals surface area (Å²) in [7, 11) is 0. The smallest absolute Gasteiger partial charge is 0.323 e. The zero-order valence-corrected chi connectivity index (χ0v) is 12.8. The van der Waals surface area contributed by atoms with Gasteiger partial charge in [-0.1, -0.05) is 12.1 Å². The first-order valence-corrected chi connectivity index (χ1v) is 7.44. The minimum Gasteiger partial charge on any atom is -0.368 e. The molecule has 1 fully saturated rings. The third kappa shape index (κ3) is 2.64. The molecule has 6 heteroatoms. The van der Waals surface area contributed by atoms with Gasteiger partial charge in [-0.05, 0) is 31.0 Å². The molecule has 0 saturated carbocycles. The second-order valence-electron chi connectivity index (χ2n) is 5.65. The molecule has 1 amide bonds. The zero-order chi connectivity index (χ0) is 15.7. The van der Waals surface area contributed by atoms with E-state index in [9.17, 15) is 9.59 Å². The summed E-state index contributed by atoms with van der Waals surface area (Å²) in [6.07, 6.45) is 1.43. The maximum absolute atomic E-state index is 12.3. The number of anilines is 1. The van der Waals surface area contributed by atoms with Crippen LogP contribution in [-0.2, 0) is 0 Å². The van der Waals surface area contributed by atoms with Gasteiger partial charge < -0.3 is 19.8 Å². The van der Waals surface area contributed by atoms with Gasteiger partial charge in [0.25, 0.3) is 5.91 Å². The molecule has 2 N–H and O–H groups in total. The molecule has 1 saturated heterocycles. The standard InChI is InChI=1S/C16H20N4O2/c1-11-4-3-5-14(12(11)2)19-6-8-20(9-7-19)15(21)13-10-17-16(22)18-13/h3-5,10H,6-9H2,1-2H3,(H2,17,18,22). The molecule has 0 radical (unpaired) electrons. The van der Waals surface area contributed by atoms with Crippen LogP contribution in [-0.4, -0.2) is 47.0 Å². The monoisotopic (exact) mass is 300 g/mol. The van der Waals surface area contributed by atoms with Crippen molar-refractivity contribution in [2.45, 2.75) is 13.8 Å². The SMILES string of the molecule is Cc1cccc(N2CCN(C(=O)c3c[nH]c(=O)[nH]3)CC2)c1C. The van der Waals surface area contributed by atoms with Gasteiger partial charge in [0.05, 0.1) is 0 Å². The van der Waals surface area contributed by atoms with Crippen LogP contribution >= 0.6 is 0 Å². The Morgan fingerprint density at radius 1 is 1.14 bits per heavy atom. The zero-order valence-electron chi connectivity index (χ0n) is 12.8. The van der Waals surface area contributed by atoms with Crippen LogP contribution in [0.2, 0.25) is 0 Å². The number of nitrogens with zero attached hydrogens (tertiary/aromatic N) is 2. The Bertz CT molecular complexity index is 739. The van der Waals surface area contributed by atoms with E-state index in [1.165, 1.54) is 23.0 Å². The molecule has 1 aromatic heterocycles. The van der Waals surface area contributed by atoms with Crippen molar-refractivity contribution in [1.29, 1.82) is 0 Å². The third-order valence-corrected chi connectivity index (χ3v) is 4.31. The Hall–Kier alpha value is -2.50. The molecule has 0 aliphatic carbocycles. The fraction of sp³-hybridized carbons (Fsp3) is 0.375. The average molecular weight is 300 g/mol. The van der Waals surface area contributed by atoms with Gasteiger partial charge in [-0.3, -0.25) is 4.79 Å². The van der Waals surface area contributed by atoms with Gasteiger partial charge >= 0.3 is 5.69 Å². The number of benzene rings is 1. The number of amides is 1. The maximum Gasteiger partial charge on any atom is 0.323 e. The Kier molecular flexibility index (Phi) is 3.75. The second kappa shape index (κ2) is 5.71. The number of H-pyrrole nitrogens is 2. The van der Waals surface area contributed by atoms with E-state index in [1.54, 1.807) is 4.90 Å². The molecular formula is C16H20N4O2. The van der Waals surface area contributed by atoms with Crippen molar-refractivity contribution in [3.63, 3.8) is 0 Å². The van der Waals surface area contributed by atoms with Crippen LogP contribution < -0.4 is 10.6 Å². The summed E-state index contributed by atoms with van der Waals surface area (Å²) in [5.41, 5.74) is 3.78. The fourth-order valence-corrected chi connectivity index (χ4v) is 2.85. The number of hydrogen-bond acceptors (Lipinski definition) is 3. The van der Waals surface area contributed by atoms with Gasteiger partial charge in [-0.25, -0.2) is 4.79 Å². The van der Waals surface area contributed by atoms with E-state index in [1.807, 2.05) is 0 Å². The normalized spacial score (nSPS) is 15.2. The lowest BCUT2D eigenvalue weighted by molar-refractivity contribution is 0.0741. The van der Waals surface area contributed by atoms with Crippen molar-refractivity contribution in [2.24, 2.45) is 0 Å². The lowest BCUT2D eigenvalue weighted by atomic mass is 10.1. The van der Waals surface area contributed by atoms with Gasteiger partial charge in [0.2, 0.25) is 0 Å². The van der Waals surface area contributed by atoms with Crippen molar-refractivity contribution in [3.05, 3.63) is 51.7 Å². The average Bonchev–Trinajstić information content (AvgIpc) is 2.96. The van der Waals surface area contributed by atoms with Crippen LogP contribution in [0.25, 0.3) is 0 Å². The molecule has 22 heavy (non-hydrogen) atoms. The molecule has 6 nitrogen and oxygen atoms in total. The summed E-state index contributed by atoms with van der Waals surface area (Å²) in [5.74, 6) is -0.126. The number of piperazine rings is 1. The fourth-order valence-electron chi connectivity index (χ4n) is 2.85. The molecule has 2 aromatic rings. The number of nitrogens with one attached hydrogen (secondary N) is 2. The summed E-state index contributed by atoms with van der Waals surface area (Å²) >= 11 is 0. The topological polar surface area (TPSA) is 72.2 Å². The molecular weight excluding hydrogens is 280 g/mol. The Morgan fingerprint density at radius 3 is 2.50 bits per heavy atom. The molecule has 0 atom stereocenters. The number of aryl methyl sites for hydroxylation is 1. The molecule has 1 aliphatic rings. The third-order valence-electron chi connectivity index (χ3n) is 4.31. The summed E-state index contributed by atoms with van der Waals surface area (Å²) < 4.78 is 0. The van der Waals surface area contributed by atoms with Crippen LogP contribution in [0.5, 0.6) is 0 Å². The Labute approximate surface area is 128 Å². The van der Waals surface area contributed by atoms with Crippen molar-refractivity contribution in [1.82, 2.24) is 14.9 Å². The van der Waals surface area contributed by atoms with E-state index in [-0.39, 0.29) is 11.6 Å². The number of imidazole rings is 1. The second-order valence-corrected chi connectivity index (χ2v) is 5.65. The highest BCUT2D eigenvalue weighted by atomic mass is 16.2. The van der Waals surface area contributed by atoms with Crippen LogP contribution in [0.15, 0.2) is 29.2 Å². The predicted molar refractivity (Wildman–Crippen MR) is 85.4 cm³/mol. The van der Waals surface area contributed by atoms with Crippen LogP contribution in [0.1, 0.15) is 21.6 Å². The Balaban J connectivity index is 1.69. The van der Waals surface area contributed by atoms with Crippen LogP contribution in [0, 0.1) is 13.8 Å². The first kappa shape index (κ1) is 14.4. The largest absolute Gasteiger partial charge is 0.368 e. The van der Waals surface area contributed by atoms with E-state index in [4.69, 9.17) is 0 Å². The number of hydrogen-bond donors (Lipinski definition) is 2. The van der Waals surface area contributed by atoms with Gasteiger partial charge in [0.15, 0.2) is 0 Å². The molecule has 116 valence electrons. The van der Waals surface area contributed by atoms with Gasteiger partial charge in [-0.15, -0.1) is 0 Å². The van der Waals surface area contributed by atoms with Gasteiger partial charge in [-0.2, -0.15) is 0 Å². The summed E-state index contributed by atoms with van der Waals surface area (Å²) in [5, 5.41) is 0. The minimum atomic E-state index is -0.350. The van der Waals surface area contributed by atoms with Crippen molar-refractivity contribution in [2.75, 3.05) is 31.1 Å². The predicted octanol–water partition coefficient (Wildman–Crippen LogP) is 1.28. The number of rotatable bonds is 2. The summed E-state index contributed by atoms with van der Waals surface area (Å²) in [4.78, 5) is 32.5. The van der Waals surface area contributed by atoms with Crippen molar-refractivity contribution >= 4 is 11.6 Å². The highest BCUT2D eigenvalue weighted by molar-refractivity contribution is 5.92. The van der Waals surface area contributed by atoms with Gasteiger partial charge in [0, 0.05) is 38.1 Å². The van der Waals surface area contributed by atoms with Crippen molar-refractivity contribution < 1.29 is 4.79 Å². The van der Waals surface area contributed by atoms with E-state index in [0.29, 0.717) is 18.8 Å². The van der Waals surface area contributed by atoms with E-state index in [0.717, 1.165) is 13.1 Å². The number of aromatic nitrogens is 2. The first-order chi connectivity index (χ1) is 10.6. The minimum absolute atomic E-state index is 0.126. The molecule has 1 aliphatic heterocycles. The summed E-state index contributed by atoms with van der Waals surface area (Å²) in [6, 6.07) is 6.31. The lowest BCUT2D eigenvalue weighted by Gasteiger charge is -2.36. The van der Waals surface area contributed by atoms with E-state index in [2.05, 4.69) is 46.9 Å². The van der Waals surface area contributed by atoms with Gasteiger partial charge in [0.1, 0.15) is 5.69 Å². The molecule has 0 bridgehead atoms. The highest BCUT2D eigenvalue weighted by Crippen LogP contribution is 2.24. The maximum atomic E-state index is 12.3. The molecule has 0 spiro atoms. The molecule has 0 unspecified atom stereocenters. The number of carbonyl (C=O) groups excluding carboxylic acids is 1. The molecule has 2 heterocycles. The highest BCUT2D eigenvalue weighted by Gasteiger charge is 2.24. The van der Waals surface area contributed by atoms with Crippen molar-refractivity contribution in [3.8, 4) is 0 Å². The number of carbonyl (C=O) groups is 1. The molecule has 3 rings (SSSR count). The molecule has 1 aromatic carbocycles.